The van der Waals surface area contributed by atoms with Crippen molar-refractivity contribution >= 4 is 34.1 Å². The number of carbonyl (C=O) groups excluding carboxylic acids is 1. The Balaban J connectivity index is 1.86. The molecule has 0 saturated heterocycles. The van der Waals surface area contributed by atoms with Gasteiger partial charge in [-0.3, -0.25) is 9.59 Å². The second-order valence-corrected chi connectivity index (χ2v) is 8.16. The second kappa shape index (κ2) is 8.40. The SMILES string of the molecule is Cc1cccc(N(Cc2cc3cccc(C)c3[nH]c2=O)C(=O)c2ccccc2Cl)c1C. The van der Waals surface area contributed by atoms with Gasteiger partial charge in [-0.05, 0) is 67.1 Å². The number of fused-ring (bicyclic) bond motifs is 1. The number of rotatable bonds is 4. The van der Waals surface area contributed by atoms with Crippen molar-refractivity contribution in [2.45, 2.75) is 27.3 Å². The molecule has 0 bridgehead atoms. The highest BCUT2D eigenvalue weighted by molar-refractivity contribution is 6.34. The summed E-state index contributed by atoms with van der Waals surface area (Å²) in [4.78, 5) is 31.1. The second-order valence-electron chi connectivity index (χ2n) is 7.75. The zero-order valence-electron chi connectivity index (χ0n) is 17.7. The first kappa shape index (κ1) is 20.9. The lowest BCUT2D eigenvalue weighted by Crippen LogP contribution is -2.33. The zero-order valence-corrected chi connectivity index (χ0v) is 18.5. The van der Waals surface area contributed by atoms with E-state index in [-0.39, 0.29) is 18.0 Å². The quantitative estimate of drug-likeness (QED) is 0.434. The summed E-state index contributed by atoms with van der Waals surface area (Å²) < 4.78 is 0. The molecule has 31 heavy (non-hydrogen) atoms. The van der Waals surface area contributed by atoms with Crippen LogP contribution >= 0.6 is 11.6 Å². The van der Waals surface area contributed by atoms with Crippen molar-refractivity contribution in [2.75, 3.05) is 4.90 Å². The Bertz CT molecular complexity index is 1360. The normalized spacial score (nSPS) is 11.0. The van der Waals surface area contributed by atoms with Crippen LogP contribution in [0.15, 0.2) is 71.5 Å². The number of nitrogens with one attached hydrogen (secondary N) is 1. The van der Waals surface area contributed by atoms with Gasteiger partial charge in [-0.1, -0.05) is 54.1 Å². The summed E-state index contributed by atoms with van der Waals surface area (Å²) in [7, 11) is 0. The monoisotopic (exact) mass is 430 g/mol. The molecule has 4 aromatic rings. The van der Waals surface area contributed by atoms with Gasteiger partial charge >= 0.3 is 0 Å². The van der Waals surface area contributed by atoms with Crippen LogP contribution in [-0.2, 0) is 6.54 Å². The molecule has 1 heterocycles. The molecule has 156 valence electrons. The molecule has 0 aliphatic rings. The van der Waals surface area contributed by atoms with E-state index in [4.69, 9.17) is 11.6 Å². The molecule has 5 heteroatoms. The number of nitrogens with zero attached hydrogens (tertiary/aromatic N) is 1. The number of H-pyrrole nitrogens is 1. The molecule has 0 spiro atoms. The lowest BCUT2D eigenvalue weighted by atomic mass is 10.0. The maximum absolute atomic E-state index is 13.6. The van der Waals surface area contributed by atoms with E-state index in [1.807, 2.05) is 63.2 Å². The van der Waals surface area contributed by atoms with Crippen LogP contribution in [0, 0.1) is 20.8 Å². The number of hydrogen-bond acceptors (Lipinski definition) is 2. The third kappa shape index (κ3) is 3.99. The summed E-state index contributed by atoms with van der Waals surface area (Å²) in [5, 5.41) is 1.31. The highest BCUT2D eigenvalue weighted by atomic mass is 35.5. The topological polar surface area (TPSA) is 53.2 Å². The van der Waals surface area contributed by atoms with Gasteiger partial charge in [0.2, 0.25) is 0 Å². The number of amides is 1. The average molecular weight is 431 g/mol. The predicted octanol–water partition coefficient (Wildman–Crippen LogP) is 5.95. The minimum Gasteiger partial charge on any atom is -0.321 e. The number of pyridine rings is 1. The summed E-state index contributed by atoms with van der Waals surface area (Å²) in [6.45, 7) is 6.07. The van der Waals surface area contributed by atoms with Crippen molar-refractivity contribution in [2.24, 2.45) is 0 Å². The van der Waals surface area contributed by atoms with Crippen molar-refractivity contribution < 1.29 is 4.79 Å². The molecule has 0 fully saturated rings. The van der Waals surface area contributed by atoms with Crippen LogP contribution < -0.4 is 10.5 Å². The summed E-state index contributed by atoms with van der Waals surface area (Å²) in [6.07, 6.45) is 0. The molecule has 1 N–H and O–H groups in total. The lowest BCUT2D eigenvalue weighted by Gasteiger charge is -2.26. The van der Waals surface area contributed by atoms with Gasteiger partial charge in [0, 0.05) is 11.3 Å². The zero-order chi connectivity index (χ0) is 22.1. The molecule has 4 nitrogen and oxygen atoms in total. The molecular weight excluding hydrogens is 408 g/mol. The third-order valence-corrected chi connectivity index (χ3v) is 6.04. The minimum absolute atomic E-state index is 0.133. The van der Waals surface area contributed by atoms with Crippen LogP contribution in [-0.4, -0.2) is 10.9 Å². The van der Waals surface area contributed by atoms with Crippen LogP contribution in [0.5, 0.6) is 0 Å². The maximum atomic E-state index is 13.6. The average Bonchev–Trinajstić information content (AvgIpc) is 2.75. The van der Waals surface area contributed by atoms with Crippen molar-refractivity contribution in [3.63, 3.8) is 0 Å². The highest BCUT2D eigenvalue weighted by Crippen LogP contribution is 2.28. The molecule has 1 amide bonds. The first-order chi connectivity index (χ1) is 14.9. The van der Waals surface area contributed by atoms with Gasteiger partial charge in [0.15, 0.2) is 0 Å². The third-order valence-electron chi connectivity index (χ3n) is 5.71. The molecule has 4 rings (SSSR count). The Morgan fingerprint density at radius 3 is 2.42 bits per heavy atom. The predicted molar refractivity (Wildman–Crippen MR) is 127 cm³/mol. The first-order valence-electron chi connectivity index (χ1n) is 10.1. The fourth-order valence-electron chi connectivity index (χ4n) is 3.79. The Labute approximate surface area is 186 Å². The van der Waals surface area contributed by atoms with Gasteiger partial charge in [-0.2, -0.15) is 0 Å². The van der Waals surface area contributed by atoms with E-state index in [1.54, 1.807) is 29.2 Å². The van der Waals surface area contributed by atoms with E-state index in [9.17, 15) is 9.59 Å². The van der Waals surface area contributed by atoms with Crippen LogP contribution in [0.2, 0.25) is 5.02 Å². The van der Waals surface area contributed by atoms with Crippen LogP contribution in [0.3, 0.4) is 0 Å². The number of aryl methyl sites for hydroxylation is 2. The van der Waals surface area contributed by atoms with E-state index in [1.165, 1.54) is 0 Å². The molecule has 0 unspecified atom stereocenters. The van der Waals surface area contributed by atoms with Gasteiger partial charge in [0.1, 0.15) is 0 Å². The Kier molecular flexibility index (Phi) is 5.66. The Hall–Kier alpha value is -3.37. The van der Waals surface area contributed by atoms with Crippen LogP contribution in [0.25, 0.3) is 10.9 Å². The smallest absolute Gasteiger partial charge is 0.260 e. The van der Waals surface area contributed by atoms with Gasteiger partial charge in [-0.15, -0.1) is 0 Å². The van der Waals surface area contributed by atoms with Crippen molar-refractivity contribution in [1.29, 1.82) is 0 Å². The number of anilines is 1. The lowest BCUT2D eigenvalue weighted by molar-refractivity contribution is 0.0985. The van der Waals surface area contributed by atoms with Gasteiger partial charge in [-0.25, -0.2) is 0 Å². The van der Waals surface area contributed by atoms with E-state index in [0.29, 0.717) is 16.1 Å². The minimum atomic E-state index is -0.247. The summed E-state index contributed by atoms with van der Waals surface area (Å²) >= 11 is 6.34. The highest BCUT2D eigenvalue weighted by Gasteiger charge is 2.23. The molecule has 3 aromatic carbocycles. The number of aromatic amines is 1. The molecule has 0 aliphatic heterocycles. The van der Waals surface area contributed by atoms with Gasteiger partial charge < -0.3 is 9.88 Å². The molecule has 0 radical (unpaired) electrons. The van der Waals surface area contributed by atoms with Crippen molar-refractivity contribution in [1.82, 2.24) is 4.98 Å². The van der Waals surface area contributed by atoms with Crippen molar-refractivity contribution in [3.8, 4) is 0 Å². The summed E-state index contributed by atoms with van der Waals surface area (Å²) in [6, 6.07) is 20.5. The Morgan fingerprint density at radius 1 is 0.935 bits per heavy atom. The molecule has 0 saturated carbocycles. The fourth-order valence-corrected chi connectivity index (χ4v) is 4.01. The van der Waals surface area contributed by atoms with E-state index in [0.717, 1.165) is 33.3 Å². The van der Waals surface area contributed by atoms with E-state index < -0.39 is 0 Å². The molecule has 0 atom stereocenters. The number of aromatic nitrogens is 1. The first-order valence-corrected chi connectivity index (χ1v) is 10.5. The standard InChI is InChI=1S/C26H23ClN2O2/c1-16-8-7-13-23(18(16)3)29(26(31)21-11-4-5-12-22(21)27)15-20-14-19-10-6-9-17(2)24(19)28-25(20)30/h4-14H,15H2,1-3H3,(H,28,30). The molecule has 1 aromatic heterocycles. The van der Waals surface area contributed by atoms with Gasteiger partial charge in [0.05, 0.1) is 22.6 Å². The summed E-state index contributed by atoms with van der Waals surface area (Å²) in [5.74, 6) is -0.247. The number of halogens is 1. The largest absolute Gasteiger partial charge is 0.321 e. The van der Waals surface area contributed by atoms with Crippen molar-refractivity contribution in [3.05, 3.63) is 110 Å². The van der Waals surface area contributed by atoms with Crippen LogP contribution in [0.4, 0.5) is 5.69 Å². The van der Waals surface area contributed by atoms with E-state index >= 15 is 0 Å². The number of carbonyl (C=O) groups is 1. The number of para-hydroxylation sites is 1. The number of hydrogen-bond donors (Lipinski definition) is 1. The number of benzene rings is 3. The maximum Gasteiger partial charge on any atom is 0.260 e. The van der Waals surface area contributed by atoms with Gasteiger partial charge in [0.25, 0.3) is 11.5 Å². The molecule has 0 aliphatic carbocycles. The van der Waals surface area contributed by atoms with Crippen LogP contribution in [0.1, 0.15) is 32.6 Å². The summed E-state index contributed by atoms with van der Waals surface area (Å²) in [5.41, 5.74) is 5.33. The Morgan fingerprint density at radius 2 is 1.65 bits per heavy atom. The molecular formula is C26H23ClN2O2. The van der Waals surface area contributed by atoms with E-state index in [2.05, 4.69) is 4.98 Å². The fraction of sp³-hybridized carbons (Fsp3) is 0.154.